The highest BCUT2D eigenvalue weighted by Gasteiger charge is 2.31. The van der Waals surface area contributed by atoms with Crippen LogP contribution in [0.3, 0.4) is 0 Å². The van der Waals surface area contributed by atoms with Crippen LogP contribution in [0.15, 0.2) is 6.20 Å². The lowest BCUT2D eigenvalue weighted by Gasteiger charge is -2.10. The number of hydrogen-bond acceptors (Lipinski definition) is 4. The number of rotatable bonds is 2. The molecule has 1 heterocycles. The van der Waals surface area contributed by atoms with Crippen molar-refractivity contribution >= 4 is 11.8 Å². The molecule has 2 aromatic rings. The van der Waals surface area contributed by atoms with Crippen molar-refractivity contribution < 1.29 is 27.1 Å². The average molecular weight is 303 g/mol. The van der Waals surface area contributed by atoms with E-state index in [1.54, 1.807) is 0 Å². The highest BCUT2D eigenvalue weighted by molar-refractivity contribution is 5.91. The van der Waals surface area contributed by atoms with Crippen molar-refractivity contribution in [2.24, 2.45) is 7.05 Å². The number of aromatic nitrogens is 2. The van der Waals surface area contributed by atoms with Gasteiger partial charge in [-0.1, -0.05) is 0 Å². The number of halogens is 4. The van der Waals surface area contributed by atoms with Crippen LogP contribution in [0.5, 0.6) is 0 Å². The first-order valence-electron chi connectivity index (χ1n) is 5.53. The number of aryl methyl sites for hydroxylation is 1. The van der Waals surface area contributed by atoms with Crippen LogP contribution in [-0.2, 0) is 11.8 Å². The summed E-state index contributed by atoms with van der Waals surface area (Å²) in [5, 5.41) is 3.63. The van der Waals surface area contributed by atoms with E-state index in [-0.39, 0.29) is 11.4 Å². The maximum absolute atomic E-state index is 14.0. The molecule has 0 amide bonds. The van der Waals surface area contributed by atoms with Crippen LogP contribution < -0.4 is 5.73 Å². The molecular weight excluding hydrogens is 294 g/mol. The minimum atomic E-state index is -1.86. The summed E-state index contributed by atoms with van der Waals surface area (Å²) in [6.07, 6.45) is 0.952. The van der Waals surface area contributed by atoms with E-state index in [2.05, 4.69) is 9.84 Å². The van der Waals surface area contributed by atoms with Crippen molar-refractivity contribution in [1.82, 2.24) is 9.78 Å². The van der Waals surface area contributed by atoms with E-state index in [1.165, 1.54) is 7.05 Å². The number of nitrogen functional groups attached to an aromatic ring is 1. The quantitative estimate of drug-likeness (QED) is 0.523. The molecule has 2 rings (SSSR count). The first-order valence-corrected chi connectivity index (χ1v) is 5.53. The Morgan fingerprint density at radius 3 is 2.10 bits per heavy atom. The van der Waals surface area contributed by atoms with Crippen LogP contribution in [-0.4, -0.2) is 22.9 Å². The predicted molar refractivity (Wildman–Crippen MR) is 64.2 cm³/mol. The average Bonchev–Trinajstić information content (AvgIpc) is 2.78. The third-order valence-electron chi connectivity index (χ3n) is 2.91. The summed E-state index contributed by atoms with van der Waals surface area (Å²) in [4.78, 5) is 11.2. The topological polar surface area (TPSA) is 70.1 Å². The van der Waals surface area contributed by atoms with Gasteiger partial charge < -0.3 is 10.5 Å². The van der Waals surface area contributed by atoms with Gasteiger partial charge in [0.2, 0.25) is 0 Å². The first-order chi connectivity index (χ1) is 9.81. The SMILES string of the molecule is COC(=O)c1c(F)c(F)c(-c2cnn(C)c2N)c(F)c1F. The minimum absolute atomic E-state index is 0.197. The van der Waals surface area contributed by atoms with Gasteiger partial charge >= 0.3 is 5.97 Å². The van der Waals surface area contributed by atoms with E-state index in [9.17, 15) is 22.4 Å². The first kappa shape index (κ1) is 14.8. The highest BCUT2D eigenvalue weighted by atomic mass is 19.2. The molecule has 0 aliphatic heterocycles. The molecule has 0 saturated carbocycles. The van der Waals surface area contributed by atoms with Gasteiger partial charge in [0.1, 0.15) is 11.4 Å². The smallest absolute Gasteiger partial charge is 0.344 e. The molecule has 2 N–H and O–H groups in total. The molecule has 112 valence electrons. The van der Waals surface area contributed by atoms with Crippen LogP contribution >= 0.6 is 0 Å². The number of esters is 1. The molecule has 0 radical (unpaired) electrons. The van der Waals surface area contributed by atoms with Crippen LogP contribution in [0, 0.1) is 23.3 Å². The van der Waals surface area contributed by atoms with Crippen molar-refractivity contribution in [2.45, 2.75) is 0 Å². The monoisotopic (exact) mass is 303 g/mol. The Hall–Kier alpha value is -2.58. The van der Waals surface area contributed by atoms with Gasteiger partial charge in [-0.3, -0.25) is 4.68 Å². The Morgan fingerprint density at radius 2 is 1.71 bits per heavy atom. The summed E-state index contributed by atoms with van der Waals surface area (Å²) in [5.41, 5.74) is 2.71. The minimum Gasteiger partial charge on any atom is -0.465 e. The molecule has 0 atom stereocenters. The van der Waals surface area contributed by atoms with Gasteiger partial charge in [-0.25, -0.2) is 22.4 Å². The second kappa shape index (κ2) is 5.08. The standard InChI is InChI=1S/C12H9F4N3O2/c1-19-11(17)4(3-18-19)5-7(13)9(15)6(12(20)21-2)10(16)8(5)14/h3H,17H2,1-2H3. The molecule has 0 spiro atoms. The number of ether oxygens (including phenoxy) is 1. The number of benzene rings is 1. The molecule has 0 bridgehead atoms. The molecule has 5 nitrogen and oxygen atoms in total. The third kappa shape index (κ3) is 2.10. The van der Waals surface area contributed by atoms with Gasteiger partial charge in [-0.15, -0.1) is 0 Å². The largest absolute Gasteiger partial charge is 0.465 e. The molecular formula is C12H9F4N3O2. The molecule has 0 aliphatic rings. The van der Waals surface area contributed by atoms with Crippen molar-refractivity contribution in [3.05, 3.63) is 35.0 Å². The van der Waals surface area contributed by atoms with Gasteiger partial charge in [0, 0.05) is 12.6 Å². The number of hydrogen-bond donors (Lipinski definition) is 1. The van der Waals surface area contributed by atoms with Crippen LogP contribution in [0.4, 0.5) is 23.4 Å². The van der Waals surface area contributed by atoms with Gasteiger partial charge in [-0.2, -0.15) is 5.10 Å². The fraction of sp³-hybridized carbons (Fsp3) is 0.167. The molecule has 1 aromatic carbocycles. The zero-order chi connectivity index (χ0) is 15.9. The summed E-state index contributed by atoms with van der Waals surface area (Å²) in [7, 11) is 2.20. The number of carbonyl (C=O) groups is 1. The van der Waals surface area contributed by atoms with Gasteiger partial charge in [0.25, 0.3) is 0 Å². The Morgan fingerprint density at radius 1 is 1.19 bits per heavy atom. The maximum Gasteiger partial charge on any atom is 0.344 e. The fourth-order valence-corrected chi connectivity index (χ4v) is 1.79. The van der Waals surface area contributed by atoms with E-state index < -0.39 is 40.4 Å². The third-order valence-corrected chi connectivity index (χ3v) is 2.91. The molecule has 0 saturated heterocycles. The van der Waals surface area contributed by atoms with Crippen LogP contribution in [0.2, 0.25) is 0 Å². The normalized spacial score (nSPS) is 10.8. The van der Waals surface area contributed by atoms with Crippen LogP contribution in [0.25, 0.3) is 11.1 Å². The number of methoxy groups -OCH3 is 1. The second-order valence-corrected chi connectivity index (χ2v) is 4.06. The fourth-order valence-electron chi connectivity index (χ4n) is 1.79. The molecule has 0 aliphatic carbocycles. The van der Waals surface area contributed by atoms with E-state index >= 15 is 0 Å². The second-order valence-electron chi connectivity index (χ2n) is 4.06. The number of carbonyl (C=O) groups excluding carboxylic acids is 1. The Labute approximate surface area is 115 Å². The van der Waals surface area contributed by atoms with E-state index in [0.717, 1.165) is 18.0 Å². The number of nitrogens with two attached hydrogens (primary N) is 1. The number of anilines is 1. The van der Waals surface area contributed by atoms with Crippen molar-refractivity contribution in [3.8, 4) is 11.1 Å². The van der Waals surface area contributed by atoms with E-state index in [4.69, 9.17) is 5.73 Å². The number of nitrogens with zero attached hydrogens (tertiary/aromatic N) is 2. The molecule has 1 aromatic heterocycles. The Kier molecular flexibility index (Phi) is 3.58. The molecule has 0 fully saturated rings. The lowest BCUT2D eigenvalue weighted by molar-refractivity contribution is 0.0587. The lowest BCUT2D eigenvalue weighted by atomic mass is 10.0. The summed E-state index contributed by atoms with van der Waals surface area (Å²) < 4.78 is 60.8. The summed E-state index contributed by atoms with van der Waals surface area (Å²) in [5.74, 6) is -8.97. The van der Waals surface area contributed by atoms with Gasteiger partial charge in [0.05, 0.1) is 18.9 Å². The van der Waals surface area contributed by atoms with Crippen molar-refractivity contribution in [3.63, 3.8) is 0 Å². The molecule has 21 heavy (non-hydrogen) atoms. The highest BCUT2D eigenvalue weighted by Crippen LogP contribution is 2.34. The van der Waals surface area contributed by atoms with Crippen molar-refractivity contribution in [1.29, 1.82) is 0 Å². The maximum atomic E-state index is 14.0. The molecule has 0 unspecified atom stereocenters. The zero-order valence-corrected chi connectivity index (χ0v) is 10.9. The lowest BCUT2D eigenvalue weighted by Crippen LogP contribution is -2.13. The Balaban J connectivity index is 2.82. The van der Waals surface area contributed by atoms with E-state index in [0.29, 0.717) is 0 Å². The van der Waals surface area contributed by atoms with Crippen molar-refractivity contribution in [2.75, 3.05) is 12.8 Å². The summed E-state index contributed by atoms with van der Waals surface area (Å²) >= 11 is 0. The zero-order valence-electron chi connectivity index (χ0n) is 10.9. The van der Waals surface area contributed by atoms with E-state index in [1.807, 2.05) is 0 Å². The van der Waals surface area contributed by atoms with Gasteiger partial charge in [0.15, 0.2) is 23.3 Å². The Bertz CT molecular complexity index is 714. The summed E-state index contributed by atoms with van der Waals surface area (Å²) in [6, 6.07) is 0. The molecule has 9 heteroatoms. The van der Waals surface area contributed by atoms with Crippen LogP contribution in [0.1, 0.15) is 10.4 Å². The van der Waals surface area contributed by atoms with Gasteiger partial charge in [-0.05, 0) is 0 Å². The summed E-state index contributed by atoms with van der Waals surface area (Å²) in [6.45, 7) is 0. The predicted octanol–water partition coefficient (Wildman–Crippen LogP) is 2.01.